The summed E-state index contributed by atoms with van der Waals surface area (Å²) in [6.45, 7) is 2.92. The Morgan fingerprint density at radius 2 is 1.64 bits per heavy atom. The summed E-state index contributed by atoms with van der Waals surface area (Å²) < 4.78 is 5.48. The average molecular weight is 434 g/mol. The first-order chi connectivity index (χ1) is 16.3. The third-order valence-corrected chi connectivity index (χ3v) is 5.82. The number of nitrogens with zero attached hydrogens (tertiary/aromatic N) is 3. The number of anilines is 1. The van der Waals surface area contributed by atoms with Crippen molar-refractivity contribution in [3.05, 3.63) is 94.9 Å². The van der Waals surface area contributed by atoms with E-state index in [-0.39, 0.29) is 5.56 Å². The SMILES string of the molecule is N#Cc1ccccc1-c1c(-c2ccccc2)c(-c2cccc(N3CCOCC3)n2)c[nH]c1=O. The lowest BCUT2D eigenvalue weighted by Crippen LogP contribution is -2.36. The standard InChI is InChI=1S/C27H22N4O2/c28-17-20-9-4-5-10-21(20)26-25(19-7-2-1-3-8-19)22(18-29-27(26)32)23-11-6-12-24(30-23)31-13-15-33-16-14-31/h1-12,18H,13-16H2,(H,29,32). The molecule has 162 valence electrons. The quantitative estimate of drug-likeness (QED) is 0.512. The molecule has 1 N–H and O–H groups in total. The summed E-state index contributed by atoms with van der Waals surface area (Å²) in [7, 11) is 0. The van der Waals surface area contributed by atoms with Crippen molar-refractivity contribution in [3.8, 4) is 39.6 Å². The number of pyridine rings is 2. The Kier molecular flexibility index (Phi) is 5.71. The maximum atomic E-state index is 13.2. The van der Waals surface area contributed by atoms with E-state index in [0.717, 1.165) is 41.3 Å². The van der Waals surface area contributed by atoms with Crippen LogP contribution in [0.2, 0.25) is 0 Å². The molecule has 0 bridgehead atoms. The minimum atomic E-state index is -0.246. The van der Waals surface area contributed by atoms with Gasteiger partial charge in [0.15, 0.2) is 0 Å². The van der Waals surface area contributed by atoms with Gasteiger partial charge in [-0.25, -0.2) is 4.98 Å². The Bertz CT molecular complexity index is 1380. The molecule has 4 aromatic rings. The number of H-pyrrole nitrogens is 1. The average Bonchev–Trinajstić information content (AvgIpc) is 2.89. The van der Waals surface area contributed by atoms with E-state index in [0.29, 0.717) is 29.9 Å². The smallest absolute Gasteiger partial charge is 0.256 e. The lowest BCUT2D eigenvalue weighted by atomic mass is 9.89. The first kappa shape index (κ1) is 20.7. The van der Waals surface area contributed by atoms with E-state index in [1.54, 1.807) is 18.3 Å². The van der Waals surface area contributed by atoms with Crippen LogP contribution in [0.1, 0.15) is 5.56 Å². The van der Waals surface area contributed by atoms with Crippen LogP contribution in [0.25, 0.3) is 33.5 Å². The Morgan fingerprint density at radius 3 is 2.42 bits per heavy atom. The predicted octanol–water partition coefficient (Wildman–Crippen LogP) is 4.48. The highest BCUT2D eigenvalue weighted by atomic mass is 16.5. The van der Waals surface area contributed by atoms with Crippen LogP contribution in [0.3, 0.4) is 0 Å². The zero-order valence-corrected chi connectivity index (χ0v) is 18.0. The van der Waals surface area contributed by atoms with Gasteiger partial charge in [0.1, 0.15) is 5.82 Å². The number of ether oxygens (including phenoxy) is 1. The molecule has 1 saturated heterocycles. The fourth-order valence-corrected chi connectivity index (χ4v) is 4.23. The fourth-order valence-electron chi connectivity index (χ4n) is 4.23. The molecular weight excluding hydrogens is 412 g/mol. The lowest BCUT2D eigenvalue weighted by Gasteiger charge is -2.28. The summed E-state index contributed by atoms with van der Waals surface area (Å²) in [5.41, 5.74) is 4.48. The maximum Gasteiger partial charge on any atom is 0.256 e. The number of hydrogen-bond donors (Lipinski definition) is 1. The van der Waals surface area contributed by atoms with Crippen LogP contribution >= 0.6 is 0 Å². The van der Waals surface area contributed by atoms with Crippen molar-refractivity contribution < 1.29 is 4.74 Å². The number of nitriles is 1. The number of aromatic amines is 1. The third-order valence-electron chi connectivity index (χ3n) is 5.82. The summed E-state index contributed by atoms with van der Waals surface area (Å²) >= 11 is 0. The van der Waals surface area contributed by atoms with Crippen LogP contribution in [0.15, 0.2) is 83.8 Å². The van der Waals surface area contributed by atoms with Crippen molar-refractivity contribution >= 4 is 5.82 Å². The number of aromatic nitrogens is 2. The monoisotopic (exact) mass is 434 g/mol. The van der Waals surface area contributed by atoms with Crippen molar-refractivity contribution in [1.82, 2.24) is 9.97 Å². The van der Waals surface area contributed by atoms with Crippen molar-refractivity contribution in [2.45, 2.75) is 0 Å². The fraction of sp³-hybridized carbons (Fsp3) is 0.148. The molecule has 1 aliphatic heterocycles. The van der Waals surface area contributed by atoms with Gasteiger partial charge in [0, 0.05) is 36.0 Å². The lowest BCUT2D eigenvalue weighted by molar-refractivity contribution is 0.122. The predicted molar refractivity (Wildman–Crippen MR) is 129 cm³/mol. The van der Waals surface area contributed by atoms with E-state index in [9.17, 15) is 10.1 Å². The largest absolute Gasteiger partial charge is 0.378 e. The highest BCUT2D eigenvalue weighted by molar-refractivity contribution is 5.94. The van der Waals surface area contributed by atoms with Crippen LogP contribution in [0.4, 0.5) is 5.82 Å². The number of morpholine rings is 1. The van der Waals surface area contributed by atoms with Crippen molar-refractivity contribution in [2.75, 3.05) is 31.2 Å². The third kappa shape index (κ3) is 4.02. The molecular formula is C27H22N4O2. The number of nitrogens with one attached hydrogen (secondary N) is 1. The first-order valence-electron chi connectivity index (χ1n) is 10.9. The molecule has 1 aliphatic rings. The summed E-state index contributed by atoms with van der Waals surface area (Å²) in [6.07, 6.45) is 1.72. The van der Waals surface area contributed by atoms with E-state index in [4.69, 9.17) is 9.72 Å². The van der Waals surface area contributed by atoms with Gasteiger partial charge in [-0.1, -0.05) is 54.6 Å². The van der Waals surface area contributed by atoms with Crippen LogP contribution < -0.4 is 10.5 Å². The second kappa shape index (κ2) is 9.11. The van der Waals surface area contributed by atoms with Gasteiger partial charge >= 0.3 is 0 Å². The van der Waals surface area contributed by atoms with Gasteiger partial charge in [0.25, 0.3) is 5.56 Å². The number of benzene rings is 2. The van der Waals surface area contributed by atoms with Crippen LogP contribution in [0.5, 0.6) is 0 Å². The maximum absolute atomic E-state index is 13.2. The Balaban J connectivity index is 1.76. The summed E-state index contributed by atoms with van der Waals surface area (Å²) in [4.78, 5) is 23.2. The Labute approximate surface area is 191 Å². The molecule has 2 aromatic carbocycles. The molecule has 6 heteroatoms. The molecule has 0 unspecified atom stereocenters. The van der Waals surface area contributed by atoms with Crippen LogP contribution in [0, 0.1) is 11.3 Å². The molecule has 0 amide bonds. The molecule has 0 aliphatic carbocycles. The summed E-state index contributed by atoms with van der Waals surface area (Å²) in [6, 6.07) is 25.1. The van der Waals surface area contributed by atoms with Gasteiger partial charge in [0.2, 0.25) is 0 Å². The zero-order chi connectivity index (χ0) is 22.6. The molecule has 6 nitrogen and oxygen atoms in total. The Hall–Kier alpha value is -4.21. The van der Waals surface area contributed by atoms with Gasteiger partial charge in [0.05, 0.1) is 36.1 Å². The number of rotatable bonds is 4. The van der Waals surface area contributed by atoms with Gasteiger partial charge in [-0.2, -0.15) is 5.26 Å². The molecule has 1 fully saturated rings. The van der Waals surface area contributed by atoms with E-state index in [2.05, 4.69) is 16.0 Å². The minimum Gasteiger partial charge on any atom is -0.378 e. The van der Waals surface area contributed by atoms with Gasteiger partial charge in [-0.15, -0.1) is 0 Å². The normalized spacial score (nSPS) is 13.5. The van der Waals surface area contributed by atoms with Crippen LogP contribution in [-0.2, 0) is 4.74 Å². The number of hydrogen-bond acceptors (Lipinski definition) is 5. The first-order valence-corrected chi connectivity index (χ1v) is 10.9. The summed E-state index contributed by atoms with van der Waals surface area (Å²) in [5.74, 6) is 0.875. The second-order valence-electron chi connectivity index (χ2n) is 7.79. The van der Waals surface area contributed by atoms with Crippen LogP contribution in [-0.4, -0.2) is 36.3 Å². The molecule has 0 atom stereocenters. The molecule has 5 rings (SSSR count). The van der Waals surface area contributed by atoms with Gasteiger partial charge in [-0.05, 0) is 23.8 Å². The molecule has 33 heavy (non-hydrogen) atoms. The highest BCUT2D eigenvalue weighted by Gasteiger charge is 2.21. The van der Waals surface area contributed by atoms with E-state index in [1.165, 1.54) is 0 Å². The molecule has 3 heterocycles. The molecule has 0 saturated carbocycles. The van der Waals surface area contributed by atoms with E-state index >= 15 is 0 Å². The minimum absolute atomic E-state index is 0.246. The summed E-state index contributed by atoms with van der Waals surface area (Å²) in [5, 5.41) is 9.71. The molecule has 0 spiro atoms. The molecule has 0 radical (unpaired) electrons. The van der Waals surface area contributed by atoms with Gasteiger partial charge in [-0.3, -0.25) is 4.79 Å². The van der Waals surface area contributed by atoms with E-state index < -0.39 is 0 Å². The zero-order valence-electron chi connectivity index (χ0n) is 18.0. The van der Waals surface area contributed by atoms with Crippen molar-refractivity contribution in [2.24, 2.45) is 0 Å². The highest BCUT2D eigenvalue weighted by Crippen LogP contribution is 2.38. The Morgan fingerprint density at radius 1 is 0.879 bits per heavy atom. The van der Waals surface area contributed by atoms with Crippen molar-refractivity contribution in [1.29, 1.82) is 5.26 Å². The van der Waals surface area contributed by atoms with Gasteiger partial charge < -0.3 is 14.6 Å². The molecule has 2 aromatic heterocycles. The second-order valence-corrected chi connectivity index (χ2v) is 7.79. The van der Waals surface area contributed by atoms with E-state index in [1.807, 2.05) is 60.7 Å². The van der Waals surface area contributed by atoms with Crippen molar-refractivity contribution in [3.63, 3.8) is 0 Å². The topological polar surface area (TPSA) is 82.0 Å².